The Balaban J connectivity index is 1.52. The number of amides is 1. The minimum Gasteiger partial charge on any atom is -0.443 e. The standard InChI is InChI=1S/C40H48N6O9S/c1-23-15-24(2)17-27(16-23)36-35(25(3)20-42-56(53,54)33-14-13-29(45(49)50)18-31(33)46(51)52)30-19-34(41-21-32(30)44(36)38(48)55-39(4,5)6)40(7,8)37(47)43-22-26-9-11-28(43)12-10-26/h13-19,21,25-26,28,42H,9-12,20,22H2,1-8H3. The van der Waals surface area contributed by atoms with E-state index in [-0.39, 0.29) is 18.5 Å². The molecule has 2 saturated heterocycles. The van der Waals surface area contributed by atoms with Crippen molar-refractivity contribution in [1.82, 2.24) is 19.2 Å². The topological polar surface area (TPSA) is 197 Å². The van der Waals surface area contributed by atoms with Crippen LogP contribution in [0.1, 0.15) is 95.5 Å². The molecule has 3 aliphatic rings. The maximum Gasteiger partial charge on any atom is 0.419 e. The zero-order valence-electron chi connectivity index (χ0n) is 32.9. The van der Waals surface area contributed by atoms with Gasteiger partial charge in [-0.25, -0.2) is 22.5 Å². The number of sulfonamides is 1. The van der Waals surface area contributed by atoms with Crippen LogP contribution in [0, 0.1) is 40.0 Å². The number of nitrogens with one attached hydrogen (secondary N) is 1. The molecule has 7 rings (SSSR count). The highest BCUT2D eigenvalue weighted by Gasteiger charge is 2.43. The third-order valence-electron chi connectivity index (χ3n) is 10.8. The summed E-state index contributed by atoms with van der Waals surface area (Å²) in [5.41, 5.74) is 0.804. The number of piperidine rings is 2. The minimum absolute atomic E-state index is 0.0353. The van der Waals surface area contributed by atoms with Crippen LogP contribution in [0.15, 0.2) is 53.6 Å². The van der Waals surface area contributed by atoms with E-state index in [9.17, 15) is 38.2 Å². The van der Waals surface area contributed by atoms with Crippen LogP contribution in [0.2, 0.25) is 0 Å². The van der Waals surface area contributed by atoms with Crippen molar-refractivity contribution in [3.8, 4) is 11.3 Å². The molecule has 298 valence electrons. The molecule has 3 fully saturated rings. The van der Waals surface area contributed by atoms with Gasteiger partial charge in [0, 0.05) is 30.6 Å². The Bertz CT molecular complexity index is 2350. The summed E-state index contributed by atoms with van der Waals surface area (Å²) in [6.45, 7) is 15.0. The van der Waals surface area contributed by atoms with Gasteiger partial charge in [-0.05, 0) is 121 Å². The lowest BCUT2D eigenvalue weighted by Gasteiger charge is -2.47. The maximum absolute atomic E-state index is 14.3. The van der Waals surface area contributed by atoms with E-state index in [1.807, 2.05) is 50.8 Å². The first-order chi connectivity index (χ1) is 26.1. The normalized spacial score (nSPS) is 17.9. The number of aromatic nitrogens is 2. The van der Waals surface area contributed by atoms with Gasteiger partial charge in [-0.15, -0.1) is 0 Å². The van der Waals surface area contributed by atoms with Gasteiger partial charge < -0.3 is 9.64 Å². The van der Waals surface area contributed by atoms with Crippen molar-refractivity contribution in [3.63, 3.8) is 0 Å². The summed E-state index contributed by atoms with van der Waals surface area (Å²) in [4.78, 5) is 56.0. The van der Waals surface area contributed by atoms with E-state index < -0.39 is 59.2 Å². The van der Waals surface area contributed by atoms with Crippen LogP contribution in [-0.4, -0.2) is 69.4 Å². The maximum atomic E-state index is 14.3. The van der Waals surface area contributed by atoms with E-state index in [0.29, 0.717) is 51.9 Å². The monoisotopic (exact) mass is 788 g/mol. The van der Waals surface area contributed by atoms with Crippen molar-refractivity contribution in [2.45, 2.75) is 109 Å². The number of carbonyl (C=O) groups is 2. The first kappa shape index (κ1) is 40.4. The van der Waals surface area contributed by atoms with Crippen LogP contribution in [0.5, 0.6) is 0 Å². The second-order valence-corrected chi connectivity index (χ2v) is 18.5. The number of nitrogens with zero attached hydrogens (tertiary/aromatic N) is 5. The highest BCUT2D eigenvalue weighted by molar-refractivity contribution is 7.89. The molecule has 15 nitrogen and oxygen atoms in total. The van der Waals surface area contributed by atoms with Crippen LogP contribution in [-0.2, 0) is 25.0 Å². The molecule has 1 N–H and O–H groups in total. The van der Waals surface area contributed by atoms with Crippen LogP contribution in [0.4, 0.5) is 16.2 Å². The van der Waals surface area contributed by atoms with Crippen LogP contribution < -0.4 is 4.72 Å². The van der Waals surface area contributed by atoms with Crippen LogP contribution in [0.3, 0.4) is 0 Å². The van der Waals surface area contributed by atoms with Gasteiger partial charge in [0.25, 0.3) is 11.4 Å². The first-order valence-corrected chi connectivity index (χ1v) is 20.2. The Morgan fingerprint density at radius 2 is 1.61 bits per heavy atom. The molecule has 1 atom stereocenters. The molecule has 4 aromatic rings. The Morgan fingerprint density at radius 1 is 0.964 bits per heavy atom. The van der Waals surface area contributed by atoms with E-state index in [1.165, 1.54) is 4.57 Å². The second-order valence-electron chi connectivity index (χ2n) is 16.7. The van der Waals surface area contributed by atoms with Gasteiger partial charge in [0.15, 0.2) is 4.90 Å². The fourth-order valence-electron chi connectivity index (χ4n) is 8.13. The van der Waals surface area contributed by atoms with Crippen molar-refractivity contribution in [1.29, 1.82) is 0 Å². The predicted molar refractivity (Wildman–Crippen MR) is 210 cm³/mol. The summed E-state index contributed by atoms with van der Waals surface area (Å²) in [6, 6.07) is 10.1. The van der Waals surface area contributed by atoms with E-state index in [2.05, 4.69) is 4.72 Å². The summed E-state index contributed by atoms with van der Waals surface area (Å²) < 4.78 is 37.3. The summed E-state index contributed by atoms with van der Waals surface area (Å²) in [7, 11) is -4.59. The zero-order valence-corrected chi connectivity index (χ0v) is 33.7. The number of hydrogen-bond donors (Lipinski definition) is 1. The van der Waals surface area contributed by atoms with Gasteiger partial charge in [-0.3, -0.25) is 30.0 Å². The SMILES string of the molecule is Cc1cc(C)cc(-c2c(C(C)CNS(=O)(=O)c3ccc([N+](=O)[O-])cc3[N+](=O)[O-])c3cc(C(C)(C)C(=O)N4CC5CCC4CC5)ncc3n2C(=O)OC(C)(C)C)c1. The van der Waals surface area contributed by atoms with Crippen LogP contribution in [0.25, 0.3) is 22.2 Å². The third kappa shape index (κ3) is 7.76. The Morgan fingerprint density at radius 3 is 2.16 bits per heavy atom. The molecule has 1 unspecified atom stereocenters. The van der Waals surface area contributed by atoms with E-state index in [1.54, 1.807) is 40.0 Å². The van der Waals surface area contributed by atoms with Gasteiger partial charge in [0.05, 0.1) is 44.4 Å². The van der Waals surface area contributed by atoms with Crippen molar-refractivity contribution >= 4 is 44.3 Å². The number of non-ortho nitro benzene ring substituents is 1. The Kier molecular flexibility index (Phi) is 10.6. The first-order valence-electron chi connectivity index (χ1n) is 18.7. The minimum atomic E-state index is -4.59. The lowest BCUT2D eigenvalue weighted by atomic mass is 9.77. The lowest BCUT2D eigenvalue weighted by molar-refractivity contribution is -0.396. The highest BCUT2D eigenvalue weighted by atomic mass is 32.2. The molecule has 2 aromatic carbocycles. The number of aryl methyl sites for hydroxylation is 2. The molecule has 16 heteroatoms. The molecule has 2 bridgehead atoms. The number of fused-ring (bicyclic) bond motifs is 4. The van der Waals surface area contributed by atoms with E-state index in [0.717, 1.165) is 48.9 Å². The van der Waals surface area contributed by atoms with Gasteiger partial charge in [0.1, 0.15) is 5.60 Å². The highest BCUT2D eigenvalue weighted by Crippen LogP contribution is 2.43. The quantitative estimate of drug-likeness (QED) is 0.123. The smallest absolute Gasteiger partial charge is 0.419 e. The largest absolute Gasteiger partial charge is 0.443 e. The number of nitro benzene ring substituents is 2. The van der Waals surface area contributed by atoms with Crippen molar-refractivity contribution in [3.05, 3.63) is 91.3 Å². The molecule has 1 aliphatic carbocycles. The number of nitro groups is 2. The fourth-order valence-corrected chi connectivity index (χ4v) is 9.41. The molecule has 56 heavy (non-hydrogen) atoms. The van der Waals surface area contributed by atoms with Crippen molar-refractivity contribution < 1.29 is 32.6 Å². The van der Waals surface area contributed by atoms with Gasteiger partial charge >= 0.3 is 6.09 Å². The molecule has 0 radical (unpaired) electrons. The summed E-state index contributed by atoms with van der Waals surface area (Å²) in [5, 5.41) is 23.8. The predicted octanol–water partition coefficient (Wildman–Crippen LogP) is 7.68. The molecule has 4 heterocycles. The third-order valence-corrected chi connectivity index (χ3v) is 12.3. The summed E-state index contributed by atoms with van der Waals surface area (Å²) >= 11 is 0. The molecule has 1 saturated carbocycles. The number of pyridine rings is 1. The molecule has 0 spiro atoms. The van der Waals surface area contributed by atoms with Crippen molar-refractivity contribution in [2.24, 2.45) is 5.92 Å². The van der Waals surface area contributed by atoms with Crippen molar-refractivity contribution in [2.75, 3.05) is 13.1 Å². The fraction of sp³-hybridized carbons (Fsp3) is 0.475. The molecule has 1 amide bonds. The number of rotatable bonds is 10. The molecule has 2 aromatic heterocycles. The molecule has 2 aliphatic heterocycles. The summed E-state index contributed by atoms with van der Waals surface area (Å²) in [5.74, 6) is -0.259. The van der Waals surface area contributed by atoms with Gasteiger partial charge in [-0.2, -0.15) is 0 Å². The van der Waals surface area contributed by atoms with E-state index >= 15 is 0 Å². The number of carbonyl (C=O) groups excluding carboxylic acids is 2. The Labute approximate surface area is 325 Å². The number of ether oxygens (including phenoxy) is 1. The van der Waals surface area contributed by atoms with Gasteiger partial charge in [-0.1, -0.05) is 24.1 Å². The average Bonchev–Trinajstić information content (AvgIpc) is 3.47. The average molecular weight is 789 g/mol. The van der Waals surface area contributed by atoms with Crippen LogP contribution >= 0.6 is 0 Å². The zero-order chi connectivity index (χ0) is 41.1. The number of benzene rings is 2. The molecular formula is C40H48N6O9S. The number of hydrogen-bond acceptors (Lipinski definition) is 10. The van der Waals surface area contributed by atoms with E-state index in [4.69, 9.17) is 9.72 Å². The lowest BCUT2D eigenvalue weighted by Crippen LogP contribution is -2.55. The molecular weight excluding hydrogens is 741 g/mol. The Hall–Kier alpha value is -5.22. The second kappa shape index (κ2) is 14.7. The van der Waals surface area contributed by atoms with Gasteiger partial charge in [0.2, 0.25) is 15.9 Å². The summed E-state index contributed by atoms with van der Waals surface area (Å²) in [6.07, 6.45) is 5.03.